The van der Waals surface area contributed by atoms with Crippen LogP contribution >= 0.6 is 51.5 Å². The van der Waals surface area contributed by atoms with Gasteiger partial charge in [0.15, 0.2) is 11.5 Å². The molecule has 0 bridgehead atoms. The van der Waals surface area contributed by atoms with Crippen LogP contribution in [0.1, 0.15) is 44.2 Å². The van der Waals surface area contributed by atoms with Gasteiger partial charge < -0.3 is 14.2 Å². The van der Waals surface area contributed by atoms with Crippen LogP contribution in [-0.4, -0.2) is 40.9 Å². The standard InChI is InChI=1S/C26H27BrClNO5S2/c1-3-12-33-23(30)6-5-11-29-25(31)22(36-26(29)35)15-18-13-20(27)24(21(14-18)32-4-2)34-16-17-7-9-19(28)10-8-17/h7-10,13-15H,3-6,11-12,16H2,1-2H3/b22-15-. The lowest BCUT2D eigenvalue weighted by atomic mass is 10.1. The van der Waals surface area contributed by atoms with Crippen molar-refractivity contribution in [2.45, 2.75) is 39.7 Å². The van der Waals surface area contributed by atoms with E-state index in [9.17, 15) is 9.59 Å². The second-order valence-electron chi connectivity index (χ2n) is 7.84. The maximum atomic E-state index is 13.0. The highest BCUT2D eigenvalue weighted by molar-refractivity contribution is 9.10. The predicted octanol–water partition coefficient (Wildman–Crippen LogP) is 7.01. The smallest absolute Gasteiger partial charge is 0.305 e. The van der Waals surface area contributed by atoms with Gasteiger partial charge >= 0.3 is 5.97 Å². The summed E-state index contributed by atoms with van der Waals surface area (Å²) in [5, 5.41) is 0.666. The minimum Gasteiger partial charge on any atom is -0.490 e. The lowest BCUT2D eigenvalue weighted by Crippen LogP contribution is -2.29. The molecular formula is C26H27BrClNO5S2. The number of nitrogens with zero attached hydrogens (tertiary/aromatic N) is 1. The van der Waals surface area contributed by atoms with E-state index < -0.39 is 0 Å². The molecular weight excluding hydrogens is 586 g/mol. The van der Waals surface area contributed by atoms with Gasteiger partial charge in [-0.2, -0.15) is 0 Å². The van der Waals surface area contributed by atoms with Gasteiger partial charge in [0, 0.05) is 18.0 Å². The number of hydrogen-bond donors (Lipinski definition) is 0. The number of hydrogen-bond acceptors (Lipinski definition) is 7. The molecule has 0 radical (unpaired) electrons. The first-order valence-electron chi connectivity index (χ1n) is 11.6. The molecule has 10 heteroatoms. The highest BCUT2D eigenvalue weighted by atomic mass is 79.9. The van der Waals surface area contributed by atoms with Gasteiger partial charge in [-0.15, -0.1) is 0 Å². The summed E-state index contributed by atoms with van der Waals surface area (Å²) >= 11 is 16.2. The van der Waals surface area contributed by atoms with Crippen molar-refractivity contribution in [2.75, 3.05) is 19.8 Å². The number of halogens is 2. The molecule has 1 aliphatic heterocycles. The number of ether oxygens (including phenoxy) is 3. The average molecular weight is 613 g/mol. The van der Waals surface area contributed by atoms with Gasteiger partial charge in [-0.05, 0) is 77.2 Å². The fourth-order valence-corrected chi connectivity index (χ4v) is 5.33. The SMILES string of the molecule is CCCOC(=O)CCCN1C(=O)/C(=C/c2cc(Br)c(OCc3ccc(Cl)cc3)c(OCC)c2)SC1=S. The predicted molar refractivity (Wildman–Crippen MR) is 151 cm³/mol. The summed E-state index contributed by atoms with van der Waals surface area (Å²) in [6.07, 6.45) is 3.30. The molecule has 0 spiro atoms. The molecule has 0 saturated carbocycles. The molecule has 2 aromatic carbocycles. The zero-order valence-corrected chi connectivity index (χ0v) is 24.0. The fourth-order valence-electron chi connectivity index (χ4n) is 3.32. The lowest BCUT2D eigenvalue weighted by molar-refractivity contribution is -0.144. The number of thiocarbonyl (C=S) groups is 1. The number of esters is 1. The van der Waals surface area contributed by atoms with Crippen LogP contribution in [0.3, 0.4) is 0 Å². The maximum Gasteiger partial charge on any atom is 0.305 e. The summed E-state index contributed by atoms with van der Waals surface area (Å²) in [5.74, 6) is 0.702. The molecule has 2 aromatic rings. The Morgan fingerprint density at radius 3 is 2.64 bits per heavy atom. The summed E-state index contributed by atoms with van der Waals surface area (Å²) in [6.45, 7) is 5.42. The van der Waals surface area contributed by atoms with Crippen molar-refractivity contribution in [3.05, 3.63) is 61.9 Å². The molecule has 36 heavy (non-hydrogen) atoms. The van der Waals surface area contributed by atoms with Gasteiger partial charge in [0.25, 0.3) is 5.91 Å². The quantitative estimate of drug-likeness (QED) is 0.145. The zero-order valence-electron chi connectivity index (χ0n) is 20.1. The van der Waals surface area contributed by atoms with Gasteiger partial charge in [-0.3, -0.25) is 14.5 Å². The Morgan fingerprint density at radius 2 is 1.94 bits per heavy atom. The maximum absolute atomic E-state index is 13.0. The van der Waals surface area contributed by atoms with E-state index in [1.54, 1.807) is 6.08 Å². The van der Waals surface area contributed by atoms with Gasteiger partial charge in [0.2, 0.25) is 0 Å². The number of benzene rings is 2. The van der Waals surface area contributed by atoms with Gasteiger partial charge in [-0.1, -0.05) is 54.6 Å². The first-order valence-corrected chi connectivity index (χ1v) is 14.0. The molecule has 0 aromatic heterocycles. The van der Waals surface area contributed by atoms with Crippen LogP contribution in [0.5, 0.6) is 11.5 Å². The highest BCUT2D eigenvalue weighted by Gasteiger charge is 2.31. The van der Waals surface area contributed by atoms with E-state index in [1.807, 2.05) is 50.2 Å². The van der Waals surface area contributed by atoms with Crippen LogP contribution in [0.25, 0.3) is 6.08 Å². The monoisotopic (exact) mass is 611 g/mol. The second-order valence-corrected chi connectivity index (χ2v) is 10.8. The van der Waals surface area contributed by atoms with Gasteiger partial charge in [0.1, 0.15) is 10.9 Å². The normalized spacial score (nSPS) is 14.4. The fraction of sp³-hybridized carbons (Fsp3) is 0.346. The number of carbonyl (C=O) groups is 2. The first kappa shape index (κ1) is 28.5. The molecule has 3 rings (SSSR count). The van der Waals surface area contributed by atoms with Gasteiger partial charge in [-0.25, -0.2) is 0 Å². The molecule has 1 fully saturated rings. The molecule has 0 N–H and O–H groups in total. The minimum atomic E-state index is -0.260. The van der Waals surface area contributed by atoms with Crippen LogP contribution in [-0.2, 0) is 20.9 Å². The Hall–Kier alpha value is -2.07. The van der Waals surface area contributed by atoms with Crippen LogP contribution in [0.4, 0.5) is 0 Å². The third kappa shape index (κ3) is 7.96. The Bertz CT molecular complexity index is 1140. The molecule has 0 unspecified atom stereocenters. The van der Waals surface area contributed by atoms with Gasteiger partial charge in [0.05, 0.1) is 22.6 Å². The molecule has 1 aliphatic rings. The molecule has 1 amide bonds. The van der Waals surface area contributed by atoms with Crippen molar-refractivity contribution in [2.24, 2.45) is 0 Å². The van der Waals surface area contributed by atoms with Crippen LogP contribution in [0.2, 0.25) is 5.02 Å². The molecule has 0 atom stereocenters. The van der Waals surface area contributed by atoms with E-state index in [2.05, 4.69) is 15.9 Å². The van der Waals surface area contributed by atoms with Crippen molar-refractivity contribution in [3.63, 3.8) is 0 Å². The van der Waals surface area contributed by atoms with Crippen molar-refractivity contribution < 1.29 is 23.8 Å². The largest absolute Gasteiger partial charge is 0.490 e. The minimum absolute atomic E-state index is 0.177. The van der Waals surface area contributed by atoms with E-state index in [-0.39, 0.29) is 18.3 Å². The molecule has 192 valence electrons. The molecule has 0 aliphatic carbocycles. The van der Waals surface area contributed by atoms with E-state index in [1.165, 1.54) is 16.7 Å². The number of thioether (sulfide) groups is 1. The first-order chi connectivity index (χ1) is 17.3. The lowest BCUT2D eigenvalue weighted by Gasteiger charge is -2.15. The van der Waals surface area contributed by atoms with Crippen molar-refractivity contribution in [3.8, 4) is 11.5 Å². The average Bonchev–Trinajstić information content (AvgIpc) is 3.10. The third-order valence-electron chi connectivity index (χ3n) is 5.03. The molecule has 1 heterocycles. The summed E-state index contributed by atoms with van der Waals surface area (Å²) in [4.78, 5) is 26.7. The van der Waals surface area contributed by atoms with E-state index in [0.717, 1.165) is 17.5 Å². The summed E-state index contributed by atoms with van der Waals surface area (Å²) < 4.78 is 18.1. The van der Waals surface area contributed by atoms with Crippen molar-refractivity contribution >= 4 is 73.8 Å². The molecule has 6 nitrogen and oxygen atoms in total. The van der Waals surface area contributed by atoms with E-state index in [0.29, 0.717) is 63.0 Å². The number of carbonyl (C=O) groups excluding carboxylic acids is 2. The Balaban J connectivity index is 1.70. The Kier molecular flexibility index (Phi) is 11.1. The Labute approximate surface area is 234 Å². The zero-order chi connectivity index (χ0) is 26.1. The third-order valence-corrected chi connectivity index (χ3v) is 7.25. The molecule has 1 saturated heterocycles. The van der Waals surface area contributed by atoms with Crippen molar-refractivity contribution in [1.29, 1.82) is 0 Å². The van der Waals surface area contributed by atoms with E-state index >= 15 is 0 Å². The second kappa shape index (κ2) is 14.0. The number of amides is 1. The van der Waals surface area contributed by atoms with Crippen LogP contribution < -0.4 is 9.47 Å². The summed E-state index contributed by atoms with van der Waals surface area (Å²) in [5.41, 5.74) is 1.74. The highest BCUT2D eigenvalue weighted by Crippen LogP contribution is 2.40. The van der Waals surface area contributed by atoms with Crippen molar-refractivity contribution in [1.82, 2.24) is 4.90 Å². The Morgan fingerprint density at radius 1 is 1.19 bits per heavy atom. The summed E-state index contributed by atoms with van der Waals surface area (Å²) in [6, 6.07) is 11.1. The van der Waals surface area contributed by atoms with Crippen LogP contribution in [0.15, 0.2) is 45.8 Å². The topological polar surface area (TPSA) is 65.1 Å². The number of rotatable bonds is 12. The van der Waals surface area contributed by atoms with E-state index in [4.69, 9.17) is 38.0 Å². The summed E-state index contributed by atoms with van der Waals surface area (Å²) in [7, 11) is 0. The van der Waals surface area contributed by atoms with Crippen LogP contribution in [0, 0.1) is 0 Å².